The fourth-order valence-electron chi connectivity index (χ4n) is 4.24. The van der Waals surface area contributed by atoms with Crippen LogP contribution in [0.25, 0.3) is 0 Å². The average molecular weight is 407 g/mol. The number of carbonyl (C=O) groups is 2. The normalized spacial score (nSPS) is 29.2. The maximum atomic E-state index is 12.8. The number of nitrogens with zero attached hydrogens (tertiary/aromatic N) is 1. The molecule has 0 radical (unpaired) electrons. The summed E-state index contributed by atoms with van der Waals surface area (Å²) in [7, 11) is 1.70. The number of hydrogen-bond acceptors (Lipinski definition) is 3. The molecule has 1 aliphatic heterocycles. The number of nitrogens with one attached hydrogen (secondary N) is 1. The largest absolute Gasteiger partial charge is 0.378 e. The third kappa shape index (κ3) is 2.99. The highest BCUT2D eigenvalue weighted by Gasteiger charge is 2.51. The summed E-state index contributed by atoms with van der Waals surface area (Å²) in [4.78, 5) is 26.9. The van der Waals surface area contributed by atoms with Crippen LogP contribution in [0.3, 0.4) is 0 Å². The summed E-state index contributed by atoms with van der Waals surface area (Å²) in [6.45, 7) is 2.83. The van der Waals surface area contributed by atoms with Gasteiger partial charge in [-0.3, -0.25) is 9.59 Å². The van der Waals surface area contributed by atoms with Crippen molar-refractivity contribution in [2.75, 3.05) is 20.2 Å². The third-order valence-corrected chi connectivity index (χ3v) is 6.46. The molecule has 134 valence electrons. The van der Waals surface area contributed by atoms with E-state index in [1.54, 1.807) is 12.0 Å². The second-order valence-corrected chi connectivity index (χ2v) is 8.87. The number of ether oxygens (including phenoxy) is 1. The van der Waals surface area contributed by atoms with Gasteiger partial charge in [0.1, 0.15) is 0 Å². The summed E-state index contributed by atoms with van der Waals surface area (Å²) in [5.74, 6) is -0.113. The van der Waals surface area contributed by atoms with Gasteiger partial charge in [-0.1, -0.05) is 15.9 Å². The fraction of sp³-hybridized carbons (Fsp3) is 0.579. The molecule has 1 spiro atoms. The van der Waals surface area contributed by atoms with Gasteiger partial charge >= 0.3 is 0 Å². The van der Waals surface area contributed by atoms with Crippen LogP contribution in [0, 0.1) is 0 Å². The Labute approximate surface area is 156 Å². The van der Waals surface area contributed by atoms with Gasteiger partial charge in [-0.15, -0.1) is 0 Å². The minimum atomic E-state index is -0.122. The molecular weight excluding hydrogens is 384 g/mol. The van der Waals surface area contributed by atoms with Crippen LogP contribution in [0.15, 0.2) is 22.7 Å². The van der Waals surface area contributed by atoms with Crippen LogP contribution in [0.5, 0.6) is 0 Å². The summed E-state index contributed by atoms with van der Waals surface area (Å²) in [6, 6.07) is 5.99. The monoisotopic (exact) mass is 406 g/mol. The molecule has 1 N–H and O–H groups in total. The molecule has 2 amide bonds. The molecule has 0 saturated heterocycles. The van der Waals surface area contributed by atoms with Crippen molar-refractivity contribution in [3.63, 3.8) is 0 Å². The topological polar surface area (TPSA) is 58.6 Å². The van der Waals surface area contributed by atoms with Gasteiger partial charge in [0.15, 0.2) is 0 Å². The van der Waals surface area contributed by atoms with Gasteiger partial charge in [0.05, 0.1) is 12.1 Å². The summed E-state index contributed by atoms with van der Waals surface area (Å²) in [6.07, 6.45) is 3.81. The van der Waals surface area contributed by atoms with Crippen LogP contribution in [0.2, 0.25) is 0 Å². The van der Waals surface area contributed by atoms with Gasteiger partial charge in [0, 0.05) is 35.1 Å². The van der Waals surface area contributed by atoms with E-state index in [4.69, 9.17) is 4.74 Å². The summed E-state index contributed by atoms with van der Waals surface area (Å²) < 4.78 is 6.42. The van der Waals surface area contributed by atoms with E-state index in [-0.39, 0.29) is 35.4 Å². The summed E-state index contributed by atoms with van der Waals surface area (Å²) in [5, 5.41) is 3.03. The van der Waals surface area contributed by atoms with E-state index in [0.29, 0.717) is 6.54 Å². The first kappa shape index (κ1) is 17.0. The van der Waals surface area contributed by atoms with Gasteiger partial charge in [-0.25, -0.2) is 0 Å². The number of benzene rings is 1. The highest BCUT2D eigenvalue weighted by molar-refractivity contribution is 9.10. The highest BCUT2D eigenvalue weighted by Crippen LogP contribution is 2.52. The van der Waals surface area contributed by atoms with Crippen LogP contribution < -0.4 is 5.32 Å². The minimum Gasteiger partial charge on any atom is -0.378 e. The maximum absolute atomic E-state index is 12.8. The van der Waals surface area contributed by atoms with E-state index in [1.165, 1.54) is 0 Å². The van der Waals surface area contributed by atoms with Gasteiger partial charge in [0.2, 0.25) is 5.91 Å². The molecule has 0 unspecified atom stereocenters. The van der Waals surface area contributed by atoms with Gasteiger partial charge in [-0.05, 0) is 56.4 Å². The molecule has 0 aromatic heterocycles. The van der Waals surface area contributed by atoms with Crippen molar-refractivity contribution < 1.29 is 14.3 Å². The molecule has 6 heteroatoms. The smallest absolute Gasteiger partial charge is 0.254 e. The molecule has 3 aliphatic rings. The molecule has 0 bridgehead atoms. The third-order valence-electron chi connectivity index (χ3n) is 5.97. The molecule has 4 rings (SSSR count). The van der Waals surface area contributed by atoms with E-state index in [0.717, 1.165) is 41.3 Å². The molecule has 1 aromatic carbocycles. The zero-order chi connectivity index (χ0) is 17.8. The van der Waals surface area contributed by atoms with E-state index >= 15 is 0 Å². The Morgan fingerprint density at radius 2 is 2.12 bits per heavy atom. The molecule has 1 aromatic rings. The second-order valence-electron chi connectivity index (χ2n) is 7.96. The summed E-state index contributed by atoms with van der Waals surface area (Å²) in [5.41, 5.74) is 1.82. The second kappa shape index (κ2) is 5.81. The number of carbonyl (C=O) groups excluding carboxylic acids is 2. The Morgan fingerprint density at radius 1 is 1.40 bits per heavy atom. The predicted octanol–water partition coefficient (Wildman–Crippen LogP) is 2.62. The summed E-state index contributed by atoms with van der Waals surface area (Å²) >= 11 is 3.50. The van der Waals surface area contributed by atoms with E-state index in [2.05, 4.69) is 34.2 Å². The maximum Gasteiger partial charge on any atom is 0.254 e. The lowest BCUT2D eigenvalue weighted by Crippen LogP contribution is -2.56. The van der Waals surface area contributed by atoms with Crippen LogP contribution in [0.1, 0.15) is 48.5 Å². The fourth-order valence-corrected chi connectivity index (χ4v) is 4.60. The molecule has 0 atom stereocenters. The number of amides is 2. The highest BCUT2D eigenvalue weighted by atomic mass is 79.9. The van der Waals surface area contributed by atoms with Crippen LogP contribution >= 0.6 is 15.9 Å². The first-order valence-electron chi connectivity index (χ1n) is 8.78. The predicted molar refractivity (Wildman–Crippen MR) is 97.5 cm³/mol. The van der Waals surface area contributed by atoms with Gasteiger partial charge < -0.3 is 15.0 Å². The van der Waals surface area contributed by atoms with Crippen molar-refractivity contribution in [2.24, 2.45) is 0 Å². The Hall–Kier alpha value is -1.40. The van der Waals surface area contributed by atoms with Crippen molar-refractivity contribution in [3.8, 4) is 0 Å². The number of methoxy groups -OCH3 is 1. The first-order valence-corrected chi connectivity index (χ1v) is 9.57. The van der Waals surface area contributed by atoms with Crippen LogP contribution in [-0.4, -0.2) is 48.6 Å². The lowest BCUT2D eigenvalue weighted by Gasteiger charge is -2.44. The molecule has 2 aliphatic carbocycles. The molecule has 2 saturated carbocycles. The lowest BCUT2D eigenvalue weighted by molar-refractivity contribution is -0.127. The molecular formula is C19H23BrN2O3. The van der Waals surface area contributed by atoms with Crippen molar-refractivity contribution in [3.05, 3.63) is 33.8 Å². The van der Waals surface area contributed by atoms with Crippen molar-refractivity contribution in [1.82, 2.24) is 10.2 Å². The number of fused-ring (bicyclic) bond motifs is 2. The van der Waals surface area contributed by atoms with Crippen molar-refractivity contribution in [1.29, 1.82) is 0 Å². The molecule has 25 heavy (non-hydrogen) atoms. The molecule has 2 fully saturated rings. The zero-order valence-corrected chi connectivity index (χ0v) is 16.2. The number of halogens is 1. The Kier molecular flexibility index (Phi) is 3.96. The van der Waals surface area contributed by atoms with Crippen LogP contribution in [-0.2, 0) is 14.9 Å². The Bertz CT molecular complexity index is 738. The quantitative estimate of drug-likeness (QED) is 0.835. The van der Waals surface area contributed by atoms with Crippen molar-refractivity contribution in [2.45, 2.75) is 49.7 Å². The van der Waals surface area contributed by atoms with E-state index in [9.17, 15) is 9.59 Å². The first-order chi connectivity index (χ1) is 11.8. The number of rotatable bonds is 4. The lowest BCUT2D eigenvalue weighted by atomic mass is 9.77. The van der Waals surface area contributed by atoms with Crippen LogP contribution in [0.4, 0.5) is 0 Å². The van der Waals surface area contributed by atoms with Gasteiger partial charge in [0.25, 0.3) is 5.91 Å². The van der Waals surface area contributed by atoms with Gasteiger partial charge in [-0.2, -0.15) is 0 Å². The standard InChI is InChI=1S/C19H23BrN2O3/c1-18(25-2)8-13(9-18)21-16(23)10-22-11-19(5-6-19)15-7-12(20)3-4-14(15)17(22)24/h3-4,7,13H,5-6,8-11H2,1-2H3,(H,21,23). The zero-order valence-electron chi connectivity index (χ0n) is 14.6. The minimum absolute atomic E-state index is 0.0366. The van der Waals surface area contributed by atoms with E-state index in [1.807, 2.05) is 12.1 Å². The SMILES string of the molecule is COC1(C)CC(NC(=O)CN2CC3(CC3)c3cc(Br)ccc3C2=O)C1. The number of hydrogen-bond donors (Lipinski definition) is 1. The molecule has 1 heterocycles. The van der Waals surface area contributed by atoms with E-state index < -0.39 is 0 Å². The Morgan fingerprint density at radius 3 is 2.76 bits per heavy atom. The average Bonchev–Trinajstić information content (AvgIpc) is 3.31. The molecule has 5 nitrogen and oxygen atoms in total. The van der Waals surface area contributed by atoms with Crippen molar-refractivity contribution >= 4 is 27.7 Å². The Balaban J connectivity index is 1.43.